The highest BCUT2D eigenvalue weighted by atomic mass is 28.4. The van der Waals surface area contributed by atoms with Crippen LogP contribution in [0, 0.1) is 5.41 Å². The van der Waals surface area contributed by atoms with Gasteiger partial charge in [0.2, 0.25) is 8.32 Å². The lowest BCUT2D eigenvalue weighted by Gasteiger charge is -2.54. The fourth-order valence-electron chi connectivity index (χ4n) is 6.42. The van der Waals surface area contributed by atoms with Crippen LogP contribution in [0.2, 0.25) is 36.3 Å². The second-order valence-corrected chi connectivity index (χ2v) is 25.2. The molecule has 222 valence electrons. The molecule has 4 aliphatic rings. The highest BCUT2D eigenvalue weighted by Crippen LogP contribution is 2.64. The molecule has 2 aliphatic heterocycles. The van der Waals surface area contributed by atoms with Gasteiger partial charge in [0.05, 0.1) is 13.2 Å². The predicted molar refractivity (Wildman–Crippen MR) is 168 cm³/mol. The maximum absolute atomic E-state index is 7.20. The smallest absolute Gasteiger partial charge is 0.250 e. The zero-order valence-corrected chi connectivity index (χ0v) is 28.9. The van der Waals surface area contributed by atoms with E-state index in [1.807, 2.05) is 0 Å². The Kier molecular flexibility index (Phi) is 7.19. The molecule has 1 saturated heterocycles. The van der Waals surface area contributed by atoms with E-state index < -0.39 is 28.0 Å². The summed E-state index contributed by atoms with van der Waals surface area (Å²) >= 11 is 0. The summed E-state index contributed by atoms with van der Waals surface area (Å²) in [6, 6.07) is 6.38. The Hall–Kier alpha value is -1.39. The second kappa shape index (κ2) is 9.56. The van der Waals surface area contributed by atoms with Crippen LogP contribution in [0.5, 0.6) is 11.5 Å². The molecule has 0 amide bonds. The number of ether oxygens (including phenoxy) is 3. The van der Waals surface area contributed by atoms with Gasteiger partial charge in [-0.25, -0.2) is 0 Å². The standard InChI is InChI=1S/C33H52O5Si2/c1-29(2,3)39(8,9)36-19-18-32-25(14-16-31(7)28(32)15-17-33(31)34-20-21-35-33)22-24-23-26(12-13-27(24)37-32)38-40(10,11)30(4,5)6/h12-13,15,22-23H,14,16-21H2,1-11H3/t31-,32-/m0/s1. The van der Waals surface area contributed by atoms with E-state index >= 15 is 0 Å². The van der Waals surface area contributed by atoms with Crippen molar-refractivity contribution >= 4 is 22.7 Å². The van der Waals surface area contributed by atoms with Gasteiger partial charge in [-0.1, -0.05) is 54.5 Å². The van der Waals surface area contributed by atoms with Crippen LogP contribution in [0.3, 0.4) is 0 Å². The normalized spacial score (nSPS) is 27.9. The number of benzene rings is 1. The van der Waals surface area contributed by atoms with Crippen LogP contribution >= 0.6 is 0 Å². The molecule has 1 aromatic rings. The Morgan fingerprint density at radius 3 is 2.20 bits per heavy atom. The molecule has 5 nitrogen and oxygen atoms in total. The van der Waals surface area contributed by atoms with Gasteiger partial charge in [0, 0.05) is 30.4 Å². The van der Waals surface area contributed by atoms with Crippen molar-refractivity contribution in [1.82, 2.24) is 0 Å². The molecule has 5 rings (SSSR count). The maximum atomic E-state index is 7.20. The fourth-order valence-corrected chi connectivity index (χ4v) is 8.49. The van der Waals surface area contributed by atoms with Crippen molar-refractivity contribution in [1.29, 1.82) is 0 Å². The zero-order valence-electron chi connectivity index (χ0n) is 26.9. The molecule has 40 heavy (non-hydrogen) atoms. The van der Waals surface area contributed by atoms with Crippen molar-refractivity contribution in [2.45, 2.75) is 122 Å². The highest BCUT2D eigenvalue weighted by Gasteiger charge is 2.65. The third-order valence-electron chi connectivity index (χ3n) is 11.1. The molecule has 0 unspecified atom stereocenters. The van der Waals surface area contributed by atoms with Crippen molar-refractivity contribution in [3.05, 3.63) is 41.0 Å². The van der Waals surface area contributed by atoms with Gasteiger partial charge in [0.15, 0.2) is 19.7 Å². The van der Waals surface area contributed by atoms with E-state index in [-0.39, 0.29) is 15.5 Å². The lowest BCUT2D eigenvalue weighted by molar-refractivity contribution is -0.219. The molecule has 1 spiro atoms. The molecule has 2 heterocycles. The molecular formula is C33H52O5Si2. The van der Waals surface area contributed by atoms with Crippen molar-refractivity contribution < 1.29 is 23.1 Å². The average molecular weight is 585 g/mol. The Bertz CT molecular complexity index is 1210. The van der Waals surface area contributed by atoms with E-state index in [0.29, 0.717) is 19.8 Å². The molecule has 7 heteroatoms. The molecule has 0 aromatic heterocycles. The summed E-state index contributed by atoms with van der Waals surface area (Å²) < 4.78 is 33.4. The van der Waals surface area contributed by atoms with Crippen molar-refractivity contribution in [3.63, 3.8) is 0 Å². The van der Waals surface area contributed by atoms with E-state index in [2.05, 4.69) is 105 Å². The molecule has 1 aromatic carbocycles. The van der Waals surface area contributed by atoms with Gasteiger partial charge >= 0.3 is 0 Å². The largest absolute Gasteiger partial charge is 0.543 e. The maximum Gasteiger partial charge on any atom is 0.250 e. The molecule has 1 saturated carbocycles. The van der Waals surface area contributed by atoms with Gasteiger partial charge in [-0.3, -0.25) is 0 Å². The first kappa shape index (κ1) is 30.1. The molecular weight excluding hydrogens is 533 g/mol. The first-order chi connectivity index (χ1) is 18.4. The third-order valence-corrected chi connectivity index (χ3v) is 20.0. The van der Waals surface area contributed by atoms with E-state index in [4.69, 9.17) is 23.1 Å². The lowest BCUT2D eigenvalue weighted by Crippen LogP contribution is -2.56. The third kappa shape index (κ3) is 4.68. The van der Waals surface area contributed by atoms with E-state index in [0.717, 1.165) is 42.7 Å². The number of hydrogen-bond acceptors (Lipinski definition) is 5. The van der Waals surface area contributed by atoms with E-state index in [9.17, 15) is 0 Å². The monoisotopic (exact) mass is 584 g/mol. The number of fused-ring (bicyclic) bond motifs is 5. The fraction of sp³-hybridized carbons (Fsp3) is 0.697. The van der Waals surface area contributed by atoms with Crippen molar-refractivity contribution in [3.8, 4) is 11.5 Å². The van der Waals surface area contributed by atoms with Gasteiger partial charge in [0.1, 0.15) is 11.5 Å². The molecule has 0 bridgehead atoms. The minimum absolute atomic E-state index is 0.139. The minimum Gasteiger partial charge on any atom is -0.543 e. The first-order valence-electron chi connectivity index (χ1n) is 15.2. The Morgan fingerprint density at radius 2 is 1.57 bits per heavy atom. The van der Waals surface area contributed by atoms with Gasteiger partial charge in [-0.05, 0) is 84.5 Å². The van der Waals surface area contributed by atoms with Gasteiger partial charge < -0.3 is 23.1 Å². The number of rotatable bonds is 6. The van der Waals surface area contributed by atoms with Gasteiger partial charge in [-0.2, -0.15) is 0 Å². The molecule has 2 fully saturated rings. The first-order valence-corrected chi connectivity index (χ1v) is 21.0. The quantitative estimate of drug-likeness (QED) is 0.247. The predicted octanol–water partition coefficient (Wildman–Crippen LogP) is 8.87. The SMILES string of the molecule is CC(C)(C)[Si](C)(C)OCC[C@]12Oc3ccc(O[Si](C)(C)C(C)(C)C)cc3C=C1CC[C@@]1(C)C2=CCC12OCCO2. The number of hydrogen-bond donors (Lipinski definition) is 0. The van der Waals surface area contributed by atoms with Crippen molar-refractivity contribution in [2.24, 2.45) is 5.41 Å². The van der Waals surface area contributed by atoms with Crippen LogP contribution in [0.15, 0.2) is 35.4 Å². The molecule has 0 radical (unpaired) electrons. The summed E-state index contributed by atoms with van der Waals surface area (Å²) in [6.45, 7) is 27.3. The summed E-state index contributed by atoms with van der Waals surface area (Å²) in [5.41, 5.74) is 2.97. The summed E-state index contributed by atoms with van der Waals surface area (Å²) in [4.78, 5) is 0. The molecule has 2 atom stereocenters. The zero-order chi connectivity index (χ0) is 29.4. The van der Waals surface area contributed by atoms with Crippen LogP contribution in [0.1, 0.15) is 79.7 Å². The summed E-state index contributed by atoms with van der Waals surface area (Å²) in [5.74, 6) is 1.27. The Balaban J connectivity index is 1.51. The Morgan fingerprint density at radius 1 is 0.925 bits per heavy atom. The Labute approximate surface area is 244 Å². The van der Waals surface area contributed by atoms with E-state index in [1.54, 1.807) is 0 Å². The average Bonchev–Trinajstić information content (AvgIpc) is 3.42. The van der Waals surface area contributed by atoms with Crippen LogP contribution in [-0.4, -0.2) is 47.8 Å². The highest BCUT2D eigenvalue weighted by molar-refractivity contribution is 6.75. The van der Waals surface area contributed by atoms with Crippen LogP contribution < -0.4 is 9.16 Å². The molecule has 0 N–H and O–H groups in total. The minimum atomic E-state index is -1.95. The lowest BCUT2D eigenvalue weighted by atomic mass is 9.60. The summed E-state index contributed by atoms with van der Waals surface area (Å²) in [7, 11) is -3.86. The molecule has 2 aliphatic carbocycles. The van der Waals surface area contributed by atoms with Gasteiger partial charge in [-0.15, -0.1) is 0 Å². The van der Waals surface area contributed by atoms with Gasteiger partial charge in [0.25, 0.3) is 0 Å². The topological polar surface area (TPSA) is 46.2 Å². The summed E-state index contributed by atoms with van der Waals surface area (Å²) in [5, 5.41) is 0.299. The summed E-state index contributed by atoms with van der Waals surface area (Å²) in [6.07, 6.45) is 8.22. The van der Waals surface area contributed by atoms with Crippen molar-refractivity contribution in [2.75, 3.05) is 19.8 Å². The van der Waals surface area contributed by atoms with Crippen LogP contribution in [0.25, 0.3) is 6.08 Å². The second-order valence-electron chi connectivity index (χ2n) is 15.6. The van der Waals surface area contributed by atoms with Crippen LogP contribution in [-0.2, 0) is 13.9 Å². The van der Waals surface area contributed by atoms with Crippen LogP contribution in [0.4, 0.5) is 0 Å². The van der Waals surface area contributed by atoms with E-state index in [1.165, 1.54) is 11.1 Å².